The molecule has 6 nitrogen and oxygen atoms in total. The molecule has 160 valence electrons. The zero-order chi connectivity index (χ0) is 19.5. The number of likely N-dealkylation sites (tertiary alicyclic amines) is 1. The molecule has 1 saturated heterocycles. The predicted molar refractivity (Wildman–Crippen MR) is 120 cm³/mol. The molecule has 0 saturated carbocycles. The van der Waals surface area contributed by atoms with E-state index in [1.807, 2.05) is 6.07 Å². The number of guanidine groups is 1. The van der Waals surface area contributed by atoms with Gasteiger partial charge in [-0.25, -0.2) is 4.39 Å². The van der Waals surface area contributed by atoms with E-state index in [1.165, 1.54) is 6.07 Å². The summed E-state index contributed by atoms with van der Waals surface area (Å²) in [4.78, 5) is 6.63. The van der Waals surface area contributed by atoms with Crippen LogP contribution in [0.2, 0.25) is 0 Å². The molecule has 0 aliphatic carbocycles. The molecule has 0 bridgehead atoms. The number of rotatable bonds is 9. The third-order valence-electron chi connectivity index (χ3n) is 4.66. The second kappa shape index (κ2) is 14.1. The molecule has 0 radical (unpaired) electrons. The lowest BCUT2D eigenvalue weighted by atomic mass is 10.1. The van der Waals surface area contributed by atoms with Gasteiger partial charge in [0, 0.05) is 59.7 Å². The van der Waals surface area contributed by atoms with Gasteiger partial charge in [-0.2, -0.15) is 0 Å². The van der Waals surface area contributed by atoms with Crippen molar-refractivity contribution >= 4 is 29.9 Å². The van der Waals surface area contributed by atoms with Gasteiger partial charge < -0.3 is 24.4 Å². The van der Waals surface area contributed by atoms with Crippen LogP contribution in [0.4, 0.5) is 4.39 Å². The summed E-state index contributed by atoms with van der Waals surface area (Å²) >= 11 is 0. The Morgan fingerprint density at radius 1 is 1.21 bits per heavy atom. The summed E-state index contributed by atoms with van der Waals surface area (Å²) in [6.45, 7) is 4.17. The second-order valence-electron chi connectivity index (χ2n) is 6.66. The van der Waals surface area contributed by atoms with Crippen molar-refractivity contribution in [2.24, 2.45) is 4.99 Å². The molecule has 8 heteroatoms. The summed E-state index contributed by atoms with van der Waals surface area (Å²) in [5.74, 6) is 0.628. The van der Waals surface area contributed by atoms with Gasteiger partial charge in [0.15, 0.2) is 5.96 Å². The predicted octanol–water partition coefficient (Wildman–Crippen LogP) is 3.18. The van der Waals surface area contributed by atoms with Gasteiger partial charge >= 0.3 is 0 Å². The Morgan fingerprint density at radius 2 is 1.96 bits per heavy atom. The third-order valence-corrected chi connectivity index (χ3v) is 4.66. The van der Waals surface area contributed by atoms with E-state index in [-0.39, 0.29) is 36.4 Å². The minimum atomic E-state index is -0.238. The number of hydrogen-bond acceptors (Lipinski definition) is 4. The maximum Gasteiger partial charge on any atom is 0.193 e. The Hall–Kier alpha value is -0.970. The topological polar surface area (TPSA) is 55.3 Å². The third kappa shape index (κ3) is 8.18. The number of halogens is 2. The van der Waals surface area contributed by atoms with Crippen LogP contribution >= 0.6 is 24.0 Å². The number of nitrogens with one attached hydrogen (secondary N) is 1. The highest BCUT2D eigenvalue weighted by Crippen LogP contribution is 2.15. The van der Waals surface area contributed by atoms with Crippen LogP contribution in [-0.2, 0) is 27.4 Å². The Kier molecular flexibility index (Phi) is 12.6. The minimum Gasteiger partial charge on any atom is -0.385 e. The molecule has 1 aliphatic heterocycles. The minimum absolute atomic E-state index is 0. The van der Waals surface area contributed by atoms with Crippen LogP contribution in [0.15, 0.2) is 23.2 Å². The first-order chi connectivity index (χ1) is 13.2. The molecule has 28 heavy (non-hydrogen) atoms. The van der Waals surface area contributed by atoms with E-state index in [0.717, 1.165) is 57.1 Å². The molecular weight excluding hydrogens is 476 g/mol. The smallest absolute Gasteiger partial charge is 0.193 e. The highest BCUT2D eigenvalue weighted by atomic mass is 127. The number of methoxy groups -OCH3 is 2. The fraction of sp³-hybridized carbons (Fsp3) is 0.650. The van der Waals surface area contributed by atoms with Gasteiger partial charge in [-0.05, 0) is 37.0 Å². The lowest BCUT2D eigenvalue weighted by Crippen LogP contribution is -2.46. The average Bonchev–Trinajstić information content (AvgIpc) is 2.69. The van der Waals surface area contributed by atoms with Crippen molar-refractivity contribution in [2.45, 2.75) is 38.5 Å². The largest absolute Gasteiger partial charge is 0.385 e. The highest BCUT2D eigenvalue weighted by Gasteiger charge is 2.21. The number of benzene rings is 1. The van der Waals surface area contributed by atoms with Crippen LogP contribution in [0.5, 0.6) is 0 Å². The molecule has 1 aromatic carbocycles. The molecule has 1 N–H and O–H groups in total. The van der Waals surface area contributed by atoms with E-state index in [1.54, 1.807) is 27.3 Å². The van der Waals surface area contributed by atoms with Crippen molar-refractivity contribution in [1.82, 2.24) is 10.2 Å². The van der Waals surface area contributed by atoms with Gasteiger partial charge in [0.1, 0.15) is 5.82 Å². The number of ether oxygens (including phenoxy) is 3. The van der Waals surface area contributed by atoms with Crippen LogP contribution < -0.4 is 5.32 Å². The molecular formula is C20H33FIN3O3. The van der Waals surface area contributed by atoms with Gasteiger partial charge in [0.2, 0.25) is 0 Å². The summed E-state index contributed by atoms with van der Waals surface area (Å²) in [6, 6.07) is 5.11. The molecule has 2 rings (SSSR count). The van der Waals surface area contributed by atoms with E-state index in [0.29, 0.717) is 18.2 Å². The molecule has 1 aliphatic rings. The number of hydrogen-bond donors (Lipinski definition) is 1. The lowest BCUT2D eigenvalue weighted by molar-refractivity contribution is 0.00989. The first kappa shape index (κ1) is 25.1. The average molecular weight is 509 g/mol. The van der Waals surface area contributed by atoms with Crippen molar-refractivity contribution in [3.63, 3.8) is 0 Å². The fourth-order valence-electron chi connectivity index (χ4n) is 3.21. The highest BCUT2D eigenvalue weighted by molar-refractivity contribution is 14.0. The number of nitrogens with zero attached hydrogens (tertiary/aromatic N) is 2. The van der Waals surface area contributed by atoms with E-state index in [9.17, 15) is 4.39 Å². The van der Waals surface area contributed by atoms with E-state index in [2.05, 4.69) is 15.2 Å². The summed E-state index contributed by atoms with van der Waals surface area (Å²) in [5, 5.41) is 3.37. The first-order valence-corrected chi connectivity index (χ1v) is 9.50. The first-order valence-electron chi connectivity index (χ1n) is 9.50. The van der Waals surface area contributed by atoms with Crippen molar-refractivity contribution in [3.8, 4) is 0 Å². The molecule has 0 aromatic heterocycles. The van der Waals surface area contributed by atoms with Crippen LogP contribution in [0.3, 0.4) is 0 Å². The number of piperidine rings is 1. The summed E-state index contributed by atoms with van der Waals surface area (Å²) in [7, 11) is 5.06. The molecule has 1 aromatic rings. The standard InChI is InChI=1S/C20H32FN3O3.HI/c1-22-20(23-14-16-5-6-19(21)17(13-16)15-26-3)24-9-7-18(8-10-24)27-12-4-11-25-2;/h5-6,13,18H,4,7-12,14-15H2,1-3H3,(H,22,23);1H. The molecule has 0 atom stereocenters. The van der Waals surface area contributed by atoms with Gasteiger partial charge in [0.05, 0.1) is 12.7 Å². The van der Waals surface area contributed by atoms with Crippen LogP contribution in [0.25, 0.3) is 0 Å². The second-order valence-corrected chi connectivity index (χ2v) is 6.66. The SMILES string of the molecule is CN=C(NCc1ccc(F)c(COC)c1)N1CCC(OCCCOC)CC1.I. The van der Waals surface area contributed by atoms with Gasteiger partial charge in [-0.15, -0.1) is 24.0 Å². The lowest BCUT2D eigenvalue weighted by Gasteiger charge is -2.34. The Balaban J connectivity index is 0.00000392. The van der Waals surface area contributed by atoms with Crippen molar-refractivity contribution in [2.75, 3.05) is 47.6 Å². The van der Waals surface area contributed by atoms with Gasteiger partial charge in [-0.3, -0.25) is 4.99 Å². The van der Waals surface area contributed by atoms with Crippen molar-refractivity contribution in [1.29, 1.82) is 0 Å². The Labute approximate surface area is 184 Å². The fourth-order valence-corrected chi connectivity index (χ4v) is 3.21. The quantitative estimate of drug-likeness (QED) is 0.240. The van der Waals surface area contributed by atoms with Crippen molar-refractivity contribution in [3.05, 3.63) is 35.1 Å². The molecule has 1 heterocycles. The Bertz CT molecular complexity index is 596. The maximum absolute atomic E-state index is 13.7. The van der Waals surface area contributed by atoms with Crippen LogP contribution in [0.1, 0.15) is 30.4 Å². The van der Waals surface area contributed by atoms with Crippen LogP contribution in [-0.4, -0.2) is 64.5 Å². The van der Waals surface area contributed by atoms with Crippen molar-refractivity contribution < 1.29 is 18.6 Å². The molecule has 1 fully saturated rings. The molecule has 0 spiro atoms. The zero-order valence-corrected chi connectivity index (χ0v) is 19.4. The van der Waals surface area contributed by atoms with E-state index >= 15 is 0 Å². The molecule has 0 amide bonds. The monoisotopic (exact) mass is 509 g/mol. The van der Waals surface area contributed by atoms with E-state index < -0.39 is 0 Å². The number of aliphatic imine (C=N–C) groups is 1. The summed E-state index contributed by atoms with van der Waals surface area (Å²) in [6.07, 6.45) is 3.22. The van der Waals surface area contributed by atoms with Gasteiger partial charge in [0.25, 0.3) is 0 Å². The normalized spacial score (nSPS) is 15.4. The van der Waals surface area contributed by atoms with E-state index in [4.69, 9.17) is 14.2 Å². The zero-order valence-electron chi connectivity index (χ0n) is 17.1. The van der Waals surface area contributed by atoms with Crippen LogP contribution in [0, 0.1) is 5.82 Å². The van der Waals surface area contributed by atoms with Gasteiger partial charge in [-0.1, -0.05) is 6.07 Å². The summed E-state index contributed by atoms with van der Waals surface area (Å²) < 4.78 is 29.7. The Morgan fingerprint density at radius 3 is 2.61 bits per heavy atom. The summed E-state index contributed by atoms with van der Waals surface area (Å²) in [5.41, 5.74) is 1.57. The molecule has 0 unspecified atom stereocenters. The maximum atomic E-state index is 13.7.